The second kappa shape index (κ2) is 5.41. The first kappa shape index (κ1) is 13.6. The van der Waals surface area contributed by atoms with Crippen LogP contribution in [0.25, 0.3) is 0 Å². The Morgan fingerprint density at radius 3 is 2.28 bits per heavy atom. The van der Waals surface area contributed by atoms with Crippen LogP contribution in [0.3, 0.4) is 0 Å². The molecule has 1 aromatic rings. The van der Waals surface area contributed by atoms with E-state index in [9.17, 15) is 0 Å². The Hall–Kier alpha value is -0.860. The molecule has 2 nitrogen and oxygen atoms in total. The van der Waals surface area contributed by atoms with Crippen LogP contribution in [0.15, 0.2) is 12.1 Å². The fourth-order valence-corrected chi connectivity index (χ4v) is 3.02. The largest absolute Gasteiger partial charge is 0.323 e. The van der Waals surface area contributed by atoms with Crippen LogP contribution < -0.4 is 5.73 Å². The Balaban J connectivity index is 2.05. The van der Waals surface area contributed by atoms with Gasteiger partial charge in [-0.2, -0.15) is 0 Å². The number of nitrogens with zero attached hydrogens (tertiary/aromatic N) is 1. The number of nitrogens with two attached hydrogens (primary N) is 1. The van der Waals surface area contributed by atoms with Crippen LogP contribution in [-0.2, 0) is 0 Å². The fourth-order valence-electron chi connectivity index (χ4n) is 3.02. The molecule has 0 bridgehead atoms. The van der Waals surface area contributed by atoms with Gasteiger partial charge in [0.1, 0.15) is 0 Å². The van der Waals surface area contributed by atoms with Gasteiger partial charge in [-0.3, -0.25) is 0 Å². The summed E-state index contributed by atoms with van der Waals surface area (Å²) < 4.78 is 0. The normalized spacial score (nSPS) is 17.2. The second-order valence-corrected chi connectivity index (χ2v) is 6.08. The second-order valence-electron chi connectivity index (χ2n) is 6.08. The molecule has 0 aromatic heterocycles. The summed E-state index contributed by atoms with van der Waals surface area (Å²) in [5, 5.41) is 0. The minimum atomic E-state index is 0.134. The van der Waals surface area contributed by atoms with Gasteiger partial charge in [-0.05, 0) is 63.3 Å². The van der Waals surface area contributed by atoms with Crippen molar-refractivity contribution in [1.82, 2.24) is 4.90 Å². The molecule has 1 aliphatic carbocycles. The van der Waals surface area contributed by atoms with Crippen LogP contribution in [0.5, 0.6) is 0 Å². The Morgan fingerprint density at radius 1 is 1.22 bits per heavy atom. The van der Waals surface area contributed by atoms with E-state index < -0.39 is 0 Å². The molecule has 1 aromatic carbocycles. The minimum absolute atomic E-state index is 0.134. The topological polar surface area (TPSA) is 29.3 Å². The predicted octanol–water partition coefficient (Wildman–Crippen LogP) is 2.95. The lowest BCUT2D eigenvalue weighted by Gasteiger charge is -2.24. The quantitative estimate of drug-likeness (QED) is 0.865. The summed E-state index contributed by atoms with van der Waals surface area (Å²) in [6.45, 7) is 8.67. The van der Waals surface area contributed by atoms with E-state index in [0.717, 1.165) is 12.5 Å². The molecule has 2 heteroatoms. The highest BCUT2D eigenvalue weighted by atomic mass is 15.1. The third-order valence-electron chi connectivity index (χ3n) is 3.88. The van der Waals surface area contributed by atoms with Crippen LogP contribution >= 0.6 is 0 Å². The number of rotatable bonds is 5. The zero-order valence-electron chi connectivity index (χ0n) is 12.2. The van der Waals surface area contributed by atoms with Crippen molar-refractivity contribution < 1.29 is 0 Å². The van der Waals surface area contributed by atoms with Crippen LogP contribution in [0.1, 0.15) is 41.1 Å². The molecule has 0 amide bonds. The van der Waals surface area contributed by atoms with E-state index >= 15 is 0 Å². The summed E-state index contributed by atoms with van der Waals surface area (Å²) in [4.78, 5) is 2.39. The van der Waals surface area contributed by atoms with E-state index in [1.807, 2.05) is 0 Å². The van der Waals surface area contributed by atoms with Crippen molar-refractivity contribution in [2.45, 2.75) is 39.7 Å². The highest BCUT2D eigenvalue weighted by Gasteiger charge is 2.24. The van der Waals surface area contributed by atoms with Gasteiger partial charge in [-0.1, -0.05) is 17.7 Å². The molecule has 0 spiro atoms. The maximum Gasteiger partial charge on any atom is 0.0429 e. The van der Waals surface area contributed by atoms with Gasteiger partial charge < -0.3 is 10.6 Å². The molecule has 1 saturated carbocycles. The third-order valence-corrected chi connectivity index (χ3v) is 3.88. The number of benzene rings is 1. The van der Waals surface area contributed by atoms with E-state index in [2.05, 4.69) is 44.9 Å². The number of aryl methyl sites for hydroxylation is 3. The third kappa shape index (κ3) is 3.33. The summed E-state index contributed by atoms with van der Waals surface area (Å²) in [6.07, 6.45) is 2.81. The summed E-state index contributed by atoms with van der Waals surface area (Å²) in [5.41, 5.74) is 11.7. The molecule has 18 heavy (non-hydrogen) atoms. The van der Waals surface area contributed by atoms with E-state index in [-0.39, 0.29) is 6.04 Å². The molecule has 1 fully saturated rings. The Kier molecular flexibility index (Phi) is 4.08. The van der Waals surface area contributed by atoms with Crippen molar-refractivity contribution in [3.63, 3.8) is 0 Å². The lowest BCUT2D eigenvalue weighted by molar-refractivity contribution is 0.300. The minimum Gasteiger partial charge on any atom is -0.323 e. The molecule has 0 saturated heterocycles. The van der Waals surface area contributed by atoms with Crippen LogP contribution in [0, 0.1) is 26.7 Å². The fraction of sp³-hybridized carbons (Fsp3) is 0.625. The van der Waals surface area contributed by atoms with Gasteiger partial charge in [0.05, 0.1) is 0 Å². The molecule has 0 aliphatic heterocycles. The Labute approximate surface area is 111 Å². The first-order valence-electron chi connectivity index (χ1n) is 6.99. The molecule has 0 radical (unpaired) electrons. The van der Waals surface area contributed by atoms with Crippen LogP contribution in [-0.4, -0.2) is 25.0 Å². The van der Waals surface area contributed by atoms with Gasteiger partial charge in [-0.15, -0.1) is 0 Å². The molecule has 0 heterocycles. The van der Waals surface area contributed by atoms with E-state index in [1.54, 1.807) is 0 Å². The van der Waals surface area contributed by atoms with Gasteiger partial charge in [0.2, 0.25) is 0 Å². The van der Waals surface area contributed by atoms with Crippen molar-refractivity contribution in [3.05, 3.63) is 34.4 Å². The summed E-state index contributed by atoms with van der Waals surface area (Å²) in [6, 6.07) is 4.61. The zero-order valence-corrected chi connectivity index (χ0v) is 12.2. The molecule has 1 atom stereocenters. The standard InChI is InChI=1S/C16H26N2/c1-11-7-12(2)16(13(3)8-11)15(17)10-18(4)9-14-5-6-14/h7-8,14-15H,5-6,9-10,17H2,1-4H3. The van der Waals surface area contributed by atoms with Crippen molar-refractivity contribution in [2.24, 2.45) is 11.7 Å². The van der Waals surface area contributed by atoms with Crippen molar-refractivity contribution >= 4 is 0 Å². The van der Waals surface area contributed by atoms with E-state index in [4.69, 9.17) is 5.73 Å². The van der Waals surface area contributed by atoms with Crippen LogP contribution in [0.4, 0.5) is 0 Å². The average molecular weight is 246 g/mol. The smallest absolute Gasteiger partial charge is 0.0429 e. The first-order chi connectivity index (χ1) is 8.47. The SMILES string of the molecule is Cc1cc(C)c(C(N)CN(C)CC2CC2)c(C)c1. The Bertz CT molecular complexity index is 398. The highest BCUT2D eigenvalue weighted by molar-refractivity contribution is 5.39. The summed E-state index contributed by atoms with van der Waals surface area (Å²) in [5.74, 6) is 0.933. The number of hydrogen-bond acceptors (Lipinski definition) is 2. The molecule has 1 aliphatic rings. The Morgan fingerprint density at radius 2 is 1.78 bits per heavy atom. The first-order valence-corrected chi connectivity index (χ1v) is 6.99. The number of likely N-dealkylation sites (N-methyl/N-ethyl adjacent to an activating group) is 1. The van der Waals surface area contributed by atoms with Crippen LogP contribution in [0.2, 0.25) is 0 Å². The van der Waals surface area contributed by atoms with Crippen molar-refractivity contribution in [3.8, 4) is 0 Å². The van der Waals surface area contributed by atoms with Gasteiger partial charge in [0, 0.05) is 19.1 Å². The van der Waals surface area contributed by atoms with E-state index in [0.29, 0.717) is 0 Å². The molecule has 2 rings (SSSR count). The highest BCUT2D eigenvalue weighted by Crippen LogP contribution is 2.30. The van der Waals surface area contributed by atoms with Gasteiger partial charge >= 0.3 is 0 Å². The predicted molar refractivity (Wildman–Crippen MR) is 77.8 cm³/mol. The lowest BCUT2D eigenvalue weighted by atomic mass is 9.94. The number of hydrogen-bond donors (Lipinski definition) is 1. The average Bonchev–Trinajstić information content (AvgIpc) is 2.98. The van der Waals surface area contributed by atoms with Gasteiger partial charge in [0.15, 0.2) is 0 Å². The monoisotopic (exact) mass is 246 g/mol. The van der Waals surface area contributed by atoms with E-state index in [1.165, 1.54) is 41.6 Å². The molecule has 100 valence electrons. The zero-order chi connectivity index (χ0) is 13.3. The van der Waals surface area contributed by atoms with Gasteiger partial charge in [-0.25, -0.2) is 0 Å². The van der Waals surface area contributed by atoms with Crippen molar-refractivity contribution in [2.75, 3.05) is 20.1 Å². The summed E-state index contributed by atoms with van der Waals surface area (Å²) >= 11 is 0. The van der Waals surface area contributed by atoms with Gasteiger partial charge in [0.25, 0.3) is 0 Å². The molecular formula is C16H26N2. The molecular weight excluding hydrogens is 220 g/mol. The maximum atomic E-state index is 6.40. The molecule has 1 unspecified atom stereocenters. The molecule has 2 N–H and O–H groups in total. The summed E-state index contributed by atoms with van der Waals surface area (Å²) in [7, 11) is 2.19. The lowest BCUT2D eigenvalue weighted by Crippen LogP contribution is -2.31. The maximum absolute atomic E-state index is 6.40. The van der Waals surface area contributed by atoms with Crippen molar-refractivity contribution in [1.29, 1.82) is 0 Å².